The molecule has 3 rings (SSSR count). The molecular weight excluding hydrogens is 304 g/mol. The second-order valence-electron chi connectivity index (χ2n) is 5.07. The molecule has 0 aromatic heterocycles. The minimum Gasteiger partial charge on any atom is -0.320 e. The summed E-state index contributed by atoms with van der Waals surface area (Å²) in [7, 11) is -3.65. The Morgan fingerprint density at radius 3 is 2.45 bits per heavy atom. The van der Waals surface area contributed by atoms with E-state index in [0.29, 0.717) is 10.6 Å². The van der Waals surface area contributed by atoms with Crippen LogP contribution in [0.1, 0.15) is 5.56 Å². The van der Waals surface area contributed by atoms with Crippen LogP contribution in [0.3, 0.4) is 0 Å². The molecule has 2 aromatic rings. The van der Waals surface area contributed by atoms with Crippen molar-refractivity contribution >= 4 is 21.4 Å². The Balaban J connectivity index is 2.09. The van der Waals surface area contributed by atoms with Crippen LogP contribution in [-0.4, -0.2) is 25.6 Å². The van der Waals surface area contributed by atoms with Gasteiger partial charge in [0.25, 0.3) is 5.91 Å². The van der Waals surface area contributed by atoms with Crippen molar-refractivity contribution in [2.24, 2.45) is 5.73 Å². The van der Waals surface area contributed by atoms with E-state index in [2.05, 4.69) is 0 Å². The third-order valence-electron chi connectivity index (χ3n) is 3.61. The molecule has 0 saturated carbocycles. The van der Waals surface area contributed by atoms with Crippen LogP contribution in [0.25, 0.3) is 0 Å². The first kappa shape index (κ1) is 14.7. The molecule has 1 atom stereocenters. The fraction of sp³-hybridized carbons (Fsp3) is 0.133. The second-order valence-corrected chi connectivity index (χ2v) is 7.02. The highest BCUT2D eigenvalue weighted by Gasteiger charge is 2.31. The molecule has 0 bridgehead atoms. The van der Waals surface area contributed by atoms with Crippen LogP contribution in [0, 0.1) is 0 Å². The molecule has 3 N–H and O–H groups in total. The van der Waals surface area contributed by atoms with Crippen LogP contribution < -0.4 is 10.8 Å². The molecule has 1 unspecified atom stereocenters. The monoisotopic (exact) mass is 318 g/mol. The van der Waals surface area contributed by atoms with Gasteiger partial charge >= 0.3 is 0 Å². The summed E-state index contributed by atoms with van der Waals surface area (Å²) in [5.74, 6) is -0.605. The molecule has 114 valence electrons. The predicted molar refractivity (Wildman–Crippen MR) is 79.3 cm³/mol. The van der Waals surface area contributed by atoms with Crippen LogP contribution in [0.4, 0.5) is 5.69 Å². The van der Waals surface area contributed by atoms with Crippen molar-refractivity contribution in [3.05, 3.63) is 54.1 Å². The molecule has 0 aliphatic carbocycles. The number of rotatable bonds is 2. The number of fused-ring (bicyclic) bond motifs is 1. The molecule has 1 amide bonds. The van der Waals surface area contributed by atoms with Gasteiger partial charge in [-0.15, -0.1) is 0 Å². The van der Waals surface area contributed by atoms with Gasteiger partial charge in [-0.3, -0.25) is 10.0 Å². The number of hydroxylamine groups is 1. The Labute approximate surface area is 127 Å². The summed E-state index contributed by atoms with van der Waals surface area (Å²) in [6, 6.07) is 11.4. The van der Waals surface area contributed by atoms with Crippen molar-refractivity contribution in [1.29, 1.82) is 0 Å². The van der Waals surface area contributed by atoms with Gasteiger partial charge in [0, 0.05) is 0 Å². The number of carbonyl (C=O) groups is 1. The number of anilines is 1. The van der Waals surface area contributed by atoms with Crippen molar-refractivity contribution in [3.63, 3.8) is 0 Å². The Bertz CT molecular complexity index is 834. The summed E-state index contributed by atoms with van der Waals surface area (Å²) in [4.78, 5) is 11.9. The first-order valence-electron chi connectivity index (χ1n) is 6.63. The molecule has 7 heteroatoms. The van der Waals surface area contributed by atoms with E-state index in [4.69, 9.17) is 5.73 Å². The number of sulfone groups is 1. The molecule has 0 fully saturated rings. The van der Waals surface area contributed by atoms with E-state index < -0.39 is 21.8 Å². The second kappa shape index (κ2) is 5.20. The average molecular weight is 318 g/mol. The standard InChI is InChI=1S/C15H14N2O4S/c16-13-9-10-8-12(6-7-14(10)17(19)15(13)18)22(20,21)11-4-2-1-3-5-11/h1-8,13,19H,9,16H2. The molecule has 1 aliphatic heterocycles. The van der Waals surface area contributed by atoms with E-state index in [1.54, 1.807) is 18.2 Å². The Hall–Kier alpha value is -2.22. The zero-order valence-corrected chi connectivity index (χ0v) is 12.3. The maximum absolute atomic E-state index is 12.6. The molecule has 2 aromatic carbocycles. The van der Waals surface area contributed by atoms with Gasteiger partial charge in [-0.05, 0) is 42.3 Å². The maximum Gasteiger partial charge on any atom is 0.267 e. The Morgan fingerprint density at radius 1 is 1.09 bits per heavy atom. The van der Waals surface area contributed by atoms with Crippen LogP contribution in [0.2, 0.25) is 0 Å². The first-order chi connectivity index (χ1) is 10.4. The van der Waals surface area contributed by atoms with Crippen LogP contribution >= 0.6 is 0 Å². The third kappa shape index (κ3) is 2.29. The summed E-state index contributed by atoms with van der Waals surface area (Å²) in [6.45, 7) is 0. The molecular formula is C15H14N2O4S. The zero-order valence-electron chi connectivity index (χ0n) is 11.5. The third-order valence-corrected chi connectivity index (χ3v) is 5.38. The highest BCUT2D eigenvalue weighted by molar-refractivity contribution is 7.91. The fourth-order valence-corrected chi connectivity index (χ4v) is 3.77. The smallest absolute Gasteiger partial charge is 0.267 e. The van der Waals surface area contributed by atoms with Crippen molar-refractivity contribution in [3.8, 4) is 0 Å². The summed E-state index contributed by atoms with van der Waals surface area (Å²) in [5.41, 5.74) is 6.44. The number of nitrogens with two attached hydrogens (primary N) is 1. The van der Waals surface area contributed by atoms with Crippen molar-refractivity contribution < 1.29 is 18.4 Å². The molecule has 0 radical (unpaired) electrons. The lowest BCUT2D eigenvalue weighted by molar-refractivity contribution is -0.125. The molecule has 1 aliphatic rings. The predicted octanol–water partition coefficient (Wildman–Crippen LogP) is 1.12. The number of benzene rings is 2. The maximum atomic E-state index is 12.6. The van der Waals surface area contributed by atoms with E-state index >= 15 is 0 Å². The number of hydrogen-bond acceptors (Lipinski definition) is 5. The van der Waals surface area contributed by atoms with Crippen LogP contribution in [-0.2, 0) is 21.1 Å². The van der Waals surface area contributed by atoms with E-state index in [-0.39, 0.29) is 21.9 Å². The lowest BCUT2D eigenvalue weighted by Crippen LogP contribution is -2.47. The lowest BCUT2D eigenvalue weighted by Gasteiger charge is -2.27. The highest BCUT2D eigenvalue weighted by Crippen LogP contribution is 2.30. The van der Waals surface area contributed by atoms with Gasteiger partial charge in [0.2, 0.25) is 9.84 Å². The van der Waals surface area contributed by atoms with Gasteiger partial charge in [0.1, 0.15) is 0 Å². The number of hydrogen-bond donors (Lipinski definition) is 2. The molecule has 1 heterocycles. The van der Waals surface area contributed by atoms with Gasteiger partial charge in [-0.25, -0.2) is 8.42 Å². The average Bonchev–Trinajstić information content (AvgIpc) is 2.53. The SMILES string of the molecule is NC1Cc2cc(S(=O)(=O)c3ccccc3)ccc2N(O)C1=O. The highest BCUT2D eigenvalue weighted by atomic mass is 32.2. The Kier molecular flexibility index (Phi) is 3.48. The van der Waals surface area contributed by atoms with Gasteiger partial charge in [0.05, 0.1) is 21.5 Å². The molecule has 0 spiro atoms. The normalized spacial score (nSPS) is 18.2. The number of carbonyl (C=O) groups excluding carboxylic acids is 1. The van der Waals surface area contributed by atoms with Crippen molar-refractivity contribution in [2.45, 2.75) is 22.3 Å². The first-order valence-corrected chi connectivity index (χ1v) is 8.11. The summed E-state index contributed by atoms with van der Waals surface area (Å²) < 4.78 is 25.1. The van der Waals surface area contributed by atoms with E-state index in [9.17, 15) is 18.4 Å². The van der Waals surface area contributed by atoms with Crippen LogP contribution in [0.5, 0.6) is 0 Å². The zero-order chi connectivity index (χ0) is 15.9. The Morgan fingerprint density at radius 2 is 1.77 bits per heavy atom. The quantitative estimate of drug-likeness (QED) is 0.808. The van der Waals surface area contributed by atoms with Crippen LogP contribution in [0.15, 0.2) is 58.3 Å². The van der Waals surface area contributed by atoms with Crippen molar-refractivity contribution in [1.82, 2.24) is 0 Å². The van der Waals surface area contributed by atoms with Gasteiger partial charge < -0.3 is 5.73 Å². The van der Waals surface area contributed by atoms with Crippen molar-refractivity contribution in [2.75, 3.05) is 5.06 Å². The fourth-order valence-electron chi connectivity index (χ4n) is 2.43. The summed E-state index contributed by atoms with van der Waals surface area (Å²) in [6.07, 6.45) is 0.184. The molecule has 6 nitrogen and oxygen atoms in total. The van der Waals surface area contributed by atoms with E-state index in [1.165, 1.54) is 30.3 Å². The van der Waals surface area contributed by atoms with Gasteiger partial charge in [-0.1, -0.05) is 18.2 Å². The van der Waals surface area contributed by atoms with E-state index in [1.807, 2.05) is 0 Å². The molecule has 22 heavy (non-hydrogen) atoms. The number of amides is 1. The topological polar surface area (TPSA) is 101 Å². The molecule has 0 saturated heterocycles. The lowest BCUT2D eigenvalue weighted by atomic mass is 9.99. The summed E-state index contributed by atoms with van der Waals surface area (Å²) in [5, 5.41) is 10.2. The largest absolute Gasteiger partial charge is 0.320 e. The minimum absolute atomic E-state index is 0.104. The number of nitrogens with zero attached hydrogens (tertiary/aromatic N) is 1. The van der Waals surface area contributed by atoms with Gasteiger partial charge in [0.15, 0.2) is 0 Å². The van der Waals surface area contributed by atoms with Gasteiger partial charge in [-0.2, -0.15) is 5.06 Å². The summed E-state index contributed by atoms with van der Waals surface area (Å²) >= 11 is 0. The van der Waals surface area contributed by atoms with E-state index in [0.717, 1.165) is 0 Å². The minimum atomic E-state index is -3.65.